The maximum absolute atomic E-state index is 5.99. The Kier molecular flexibility index (Phi) is 3.03. The van der Waals surface area contributed by atoms with Gasteiger partial charge < -0.3 is 10.6 Å². The SMILES string of the molecule is CCN(c1nc2sccn2c1CC(C)N)C1CC1. The summed E-state index contributed by atoms with van der Waals surface area (Å²) in [4.78, 5) is 8.34. The Balaban J connectivity index is 2.05. The van der Waals surface area contributed by atoms with Crippen molar-refractivity contribution in [2.45, 2.75) is 45.2 Å². The third kappa shape index (κ3) is 2.01. The number of rotatable bonds is 5. The monoisotopic (exact) mass is 264 g/mol. The maximum Gasteiger partial charge on any atom is 0.195 e. The molecule has 1 aliphatic carbocycles. The predicted molar refractivity (Wildman–Crippen MR) is 76.5 cm³/mol. The van der Waals surface area contributed by atoms with Crippen molar-refractivity contribution in [2.75, 3.05) is 11.4 Å². The second kappa shape index (κ2) is 4.55. The summed E-state index contributed by atoms with van der Waals surface area (Å²) in [5.41, 5.74) is 7.26. The van der Waals surface area contributed by atoms with E-state index in [9.17, 15) is 0 Å². The van der Waals surface area contributed by atoms with Gasteiger partial charge in [-0.2, -0.15) is 0 Å². The first-order valence-electron chi connectivity index (χ1n) is 6.67. The Hall–Kier alpha value is -1.07. The van der Waals surface area contributed by atoms with Crippen LogP contribution in [0.25, 0.3) is 4.96 Å². The van der Waals surface area contributed by atoms with Crippen molar-refractivity contribution in [3.8, 4) is 0 Å². The number of anilines is 1. The van der Waals surface area contributed by atoms with Crippen LogP contribution in [0.5, 0.6) is 0 Å². The zero-order valence-electron chi connectivity index (χ0n) is 11.0. The van der Waals surface area contributed by atoms with E-state index >= 15 is 0 Å². The van der Waals surface area contributed by atoms with Crippen LogP contribution in [-0.4, -0.2) is 28.0 Å². The fourth-order valence-electron chi connectivity index (χ4n) is 2.51. The molecule has 4 nitrogen and oxygen atoms in total. The topological polar surface area (TPSA) is 46.6 Å². The smallest absolute Gasteiger partial charge is 0.195 e. The molecule has 1 saturated carbocycles. The summed E-state index contributed by atoms with van der Waals surface area (Å²) < 4.78 is 2.20. The Bertz CT molecular complexity index is 538. The van der Waals surface area contributed by atoms with Crippen LogP contribution in [0, 0.1) is 0 Å². The van der Waals surface area contributed by atoms with Gasteiger partial charge in [-0.3, -0.25) is 4.40 Å². The zero-order chi connectivity index (χ0) is 12.7. The molecule has 0 saturated heterocycles. The molecule has 3 rings (SSSR count). The Morgan fingerprint density at radius 3 is 3.00 bits per heavy atom. The number of hydrogen-bond acceptors (Lipinski definition) is 4. The average Bonchev–Trinajstić information content (AvgIpc) is 2.95. The molecule has 1 atom stereocenters. The number of fused-ring (bicyclic) bond motifs is 1. The summed E-state index contributed by atoms with van der Waals surface area (Å²) in [7, 11) is 0. The van der Waals surface area contributed by atoms with Crippen molar-refractivity contribution >= 4 is 22.1 Å². The van der Waals surface area contributed by atoms with Crippen LogP contribution in [0.1, 0.15) is 32.4 Å². The van der Waals surface area contributed by atoms with Gasteiger partial charge in [-0.05, 0) is 26.7 Å². The minimum Gasteiger partial charge on any atom is -0.352 e. The van der Waals surface area contributed by atoms with Crippen molar-refractivity contribution in [3.63, 3.8) is 0 Å². The van der Waals surface area contributed by atoms with Gasteiger partial charge in [0.1, 0.15) is 0 Å². The van der Waals surface area contributed by atoms with Gasteiger partial charge in [0.15, 0.2) is 10.8 Å². The van der Waals surface area contributed by atoms with E-state index in [2.05, 4.69) is 34.7 Å². The molecule has 1 unspecified atom stereocenters. The maximum atomic E-state index is 5.99. The van der Waals surface area contributed by atoms with Gasteiger partial charge in [0.25, 0.3) is 0 Å². The van der Waals surface area contributed by atoms with E-state index in [1.807, 2.05) is 0 Å². The molecule has 2 aromatic heterocycles. The summed E-state index contributed by atoms with van der Waals surface area (Å²) in [5.74, 6) is 1.16. The van der Waals surface area contributed by atoms with Gasteiger partial charge >= 0.3 is 0 Å². The molecule has 2 heterocycles. The lowest BCUT2D eigenvalue weighted by Crippen LogP contribution is -2.28. The Morgan fingerprint density at radius 2 is 2.39 bits per heavy atom. The lowest BCUT2D eigenvalue weighted by molar-refractivity contribution is 0.708. The van der Waals surface area contributed by atoms with E-state index in [1.165, 1.54) is 18.5 Å². The van der Waals surface area contributed by atoms with Crippen LogP contribution in [0.4, 0.5) is 5.82 Å². The quantitative estimate of drug-likeness (QED) is 0.901. The molecule has 0 aliphatic heterocycles. The second-order valence-electron chi connectivity index (χ2n) is 5.14. The normalized spacial score (nSPS) is 17.3. The van der Waals surface area contributed by atoms with Gasteiger partial charge in [-0.25, -0.2) is 4.98 Å². The van der Waals surface area contributed by atoms with Crippen molar-refractivity contribution in [1.82, 2.24) is 9.38 Å². The van der Waals surface area contributed by atoms with Crippen molar-refractivity contribution < 1.29 is 0 Å². The molecule has 2 N–H and O–H groups in total. The summed E-state index contributed by atoms with van der Waals surface area (Å²) in [6.45, 7) is 5.30. The van der Waals surface area contributed by atoms with Crippen LogP contribution in [0.2, 0.25) is 0 Å². The minimum absolute atomic E-state index is 0.168. The third-order valence-electron chi connectivity index (χ3n) is 3.46. The summed E-state index contributed by atoms with van der Waals surface area (Å²) in [6.07, 6.45) is 5.60. The van der Waals surface area contributed by atoms with E-state index in [-0.39, 0.29) is 6.04 Å². The van der Waals surface area contributed by atoms with Gasteiger partial charge in [-0.15, -0.1) is 11.3 Å². The molecular weight excluding hydrogens is 244 g/mol. The summed E-state index contributed by atoms with van der Waals surface area (Å²) in [6, 6.07) is 0.868. The molecule has 0 amide bonds. The van der Waals surface area contributed by atoms with E-state index in [0.717, 1.165) is 23.7 Å². The van der Waals surface area contributed by atoms with E-state index in [4.69, 9.17) is 10.7 Å². The second-order valence-corrected chi connectivity index (χ2v) is 6.01. The number of hydrogen-bond donors (Lipinski definition) is 1. The van der Waals surface area contributed by atoms with Crippen LogP contribution in [0.15, 0.2) is 11.6 Å². The standard InChI is InChI=1S/C13H20N4S/c1-3-16(10-4-5-10)12-11(8-9(2)14)17-6-7-18-13(17)15-12/h6-7,9-10H,3-5,8,14H2,1-2H3. The zero-order valence-corrected chi connectivity index (χ0v) is 11.8. The lowest BCUT2D eigenvalue weighted by atomic mass is 10.2. The van der Waals surface area contributed by atoms with Crippen LogP contribution in [0.3, 0.4) is 0 Å². The van der Waals surface area contributed by atoms with Gasteiger partial charge in [0.2, 0.25) is 0 Å². The van der Waals surface area contributed by atoms with Gasteiger partial charge in [0, 0.05) is 36.6 Å². The molecule has 1 fully saturated rings. The first-order chi connectivity index (χ1) is 8.70. The molecule has 98 valence electrons. The Morgan fingerprint density at radius 1 is 1.61 bits per heavy atom. The molecule has 0 spiro atoms. The third-order valence-corrected chi connectivity index (χ3v) is 4.21. The highest BCUT2D eigenvalue weighted by Gasteiger charge is 2.31. The fourth-order valence-corrected chi connectivity index (χ4v) is 3.24. The van der Waals surface area contributed by atoms with E-state index < -0.39 is 0 Å². The minimum atomic E-state index is 0.168. The molecule has 1 aliphatic rings. The summed E-state index contributed by atoms with van der Waals surface area (Å²) >= 11 is 1.69. The molecule has 2 aromatic rings. The predicted octanol–water partition coefficient (Wildman–Crippen LogP) is 2.27. The van der Waals surface area contributed by atoms with Crippen molar-refractivity contribution in [3.05, 3.63) is 17.3 Å². The number of aromatic nitrogens is 2. The molecule has 0 aromatic carbocycles. The van der Waals surface area contributed by atoms with Crippen LogP contribution < -0.4 is 10.6 Å². The van der Waals surface area contributed by atoms with Gasteiger partial charge in [0.05, 0.1) is 5.69 Å². The molecule has 0 bridgehead atoms. The van der Waals surface area contributed by atoms with Crippen LogP contribution >= 0.6 is 11.3 Å². The first kappa shape index (κ1) is 12.0. The highest BCUT2D eigenvalue weighted by molar-refractivity contribution is 7.15. The van der Waals surface area contributed by atoms with Crippen molar-refractivity contribution in [2.24, 2.45) is 5.73 Å². The fraction of sp³-hybridized carbons (Fsp3) is 0.615. The molecular formula is C13H20N4S. The van der Waals surface area contributed by atoms with Gasteiger partial charge in [-0.1, -0.05) is 0 Å². The average molecular weight is 264 g/mol. The molecule has 18 heavy (non-hydrogen) atoms. The Labute approximate surface area is 111 Å². The molecule has 0 radical (unpaired) electrons. The number of nitrogens with zero attached hydrogens (tertiary/aromatic N) is 3. The number of thiazole rings is 1. The summed E-state index contributed by atoms with van der Waals surface area (Å²) in [5, 5.41) is 2.09. The first-order valence-corrected chi connectivity index (χ1v) is 7.55. The van der Waals surface area contributed by atoms with Crippen LogP contribution in [-0.2, 0) is 6.42 Å². The molecule has 5 heteroatoms. The largest absolute Gasteiger partial charge is 0.352 e. The van der Waals surface area contributed by atoms with E-state index in [0.29, 0.717) is 6.04 Å². The lowest BCUT2D eigenvalue weighted by Gasteiger charge is -2.22. The van der Waals surface area contributed by atoms with E-state index in [1.54, 1.807) is 11.3 Å². The number of imidazole rings is 1. The highest BCUT2D eigenvalue weighted by atomic mass is 32.1. The van der Waals surface area contributed by atoms with Crippen molar-refractivity contribution in [1.29, 1.82) is 0 Å². The highest BCUT2D eigenvalue weighted by Crippen LogP contribution is 2.34. The number of nitrogens with two attached hydrogens (primary N) is 1.